The molecule has 1 unspecified atom stereocenters. The minimum atomic E-state index is 0.651. The van der Waals surface area contributed by atoms with Crippen LogP contribution in [0.4, 0.5) is 5.69 Å². The van der Waals surface area contributed by atoms with Gasteiger partial charge in [-0.2, -0.15) is 0 Å². The van der Waals surface area contributed by atoms with Crippen molar-refractivity contribution in [3.05, 3.63) is 28.2 Å². The molecule has 19 heavy (non-hydrogen) atoms. The first kappa shape index (κ1) is 14.8. The van der Waals surface area contributed by atoms with Crippen LogP contribution >= 0.6 is 15.9 Å². The van der Waals surface area contributed by atoms with Crippen LogP contribution in [-0.4, -0.2) is 44.7 Å². The Hall–Kier alpha value is -0.580. The number of halogens is 1. The lowest BCUT2D eigenvalue weighted by Gasteiger charge is -2.38. The van der Waals surface area contributed by atoms with Crippen LogP contribution in [-0.2, 0) is 6.42 Å². The van der Waals surface area contributed by atoms with Crippen molar-refractivity contribution in [2.45, 2.75) is 25.3 Å². The molecule has 3 nitrogen and oxygen atoms in total. The lowest BCUT2D eigenvalue weighted by atomic mass is 10.0. The van der Waals surface area contributed by atoms with Gasteiger partial charge in [-0.05, 0) is 57.6 Å². The van der Waals surface area contributed by atoms with Gasteiger partial charge in [0.15, 0.2) is 0 Å². The first-order chi connectivity index (χ1) is 9.11. The fraction of sp³-hybridized carbons (Fsp3) is 0.600. The van der Waals surface area contributed by atoms with E-state index in [1.54, 1.807) is 0 Å². The van der Waals surface area contributed by atoms with Crippen LogP contribution in [0.5, 0.6) is 0 Å². The summed E-state index contributed by atoms with van der Waals surface area (Å²) in [6.07, 6.45) is 3.51. The highest BCUT2D eigenvalue weighted by atomic mass is 79.9. The minimum Gasteiger partial charge on any atom is -0.370 e. The highest BCUT2D eigenvalue weighted by molar-refractivity contribution is 9.10. The van der Waals surface area contributed by atoms with Gasteiger partial charge in [0.2, 0.25) is 0 Å². The molecule has 0 saturated carbocycles. The number of benzene rings is 1. The average molecular weight is 326 g/mol. The SMILES string of the molecule is CN(C)C1CCCN(c2cc(Br)ccc2CCN)C1. The van der Waals surface area contributed by atoms with E-state index in [4.69, 9.17) is 5.73 Å². The fourth-order valence-corrected chi connectivity index (χ4v) is 3.14. The Morgan fingerprint density at radius 1 is 1.42 bits per heavy atom. The molecule has 0 aliphatic carbocycles. The number of hydrogen-bond acceptors (Lipinski definition) is 3. The molecule has 0 aromatic heterocycles. The van der Waals surface area contributed by atoms with Crippen LogP contribution in [0.3, 0.4) is 0 Å². The summed E-state index contributed by atoms with van der Waals surface area (Å²) in [5.41, 5.74) is 8.45. The van der Waals surface area contributed by atoms with E-state index in [-0.39, 0.29) is 0 Å². The summed E-state index contributed by atoms with van der Waals surface area (Å²) < 4.78 is 1.15. The molecule has 1 saturated heterocycles. The molecule has 2 N–H and O–H groups in total. The van der Waals surface area contributed by atoms with Gasteiger partial charge < -0.3 is 15.5 Å². The van der Waals surface area contributed by atoms with Crippen LogP contribution in [0.1, 0.15) is 18.4 Å². The van der Waals surface area contributed by atoms with Crippen LogP contribution in [0.2, 0.25) is 0 Å². The normalized spacial score (nSPS) is 20.1. The van der Waals surface area contributed by atoms with Gasteiger partial charge in [-0.1, -0.05) is 22.0 Å². The monoisotopic (exact) mass is 325 g/mol. The molecule has 1 atom stereocenters. The summed E-state index contributed by atoms with van der Waals surface area (Å²) in [7, 11) is 4.35. The molecule has 0 amide bonds. The number of piperidine rings is 1. The quantitative estimate of drug-likeness (QED) is 0.923. The van der Waals surface area contributed by atoms with Crippen LogP contribution < -0.4 is 10.6 Å². The first-order valence-corrected chi connectivity index (χ1v) is 7.81. The van der Waals surface area contributed by atoms with Crippen LogP contribution in [0.15, 0.2) is 22.7 Å². The Labute approximate surface area is 124 Å². The molecule has 1 aromatic carbocycles. The van der Waals surface area contributed by atoms with Crippen molar-refractivity contribution in [3.8, 4) is 0 Å². The minimum absolute atomic E-state index is 0.651. The molecule has 0 spiro atoms. The van der Waals surface area contributed by atoms with E-state index < -0.39 is 0 Å². The maximum atomic E-state index is 5.73. The van der Waals surface area contributed by atoms with Crippen molar-refractivity contribution < 1.29 is 0 Å². The van der Waals surface area contributed by atoms with E-state index >= 15 is 0 Å². The van der Waals surface area contributed by atoms with Crippen molar-refractivity contribution in [3.63, 3.8) is 0 Å². The molecule has 0 radical (unpaired) electrons. The van der Waals surface area contributed by atoms with Crippen molar-refractivity contribution in [2.24, 2.45) is 5.73 Å². The predicted octanol–water partition coefficient (Wildman–Crippen LogP) is 2.48. The molecule has 2 rings (SSSR count). The number of rotatable bonds is 4. The molecule has 0 bridgehead atoms. The molecule has 1 aliphatic rings. The van der Waals surface area contributed by atoms with E-state index in [2.05, 4.69) is 58.0 Å². The molecule has 106 valence electrons. The van der Waals surface area contributed by atoms with Crippen LogP contribution in [0.25, 0.3) is 0 Å². The third kappa shape index (κ3) is 3.71. The standard InChI is InChI=1S/C15H24BrN3/c1-18(2)14-4-3-9-19(11-14)15-10-13(16)6-5-12(15)7-8-17/h5-6,10,14H,3-4,7-9,11,17H2,1-2H3. The summed E-state index contributed by atoms with van der Waals surface area (Å²) in [4.78, 5) is 4.86. The van der Waals surface area contributed by atoms with Gasteiger partial charge >= 0.3 is 0 Å². The molecular weight excluding hydrogens is 302 g/mol. The maximum Gasteiger partial charge on any atom is 0.0411 e. The van der Waals surface area contributed by atoms with Crippen molar-refractivity contribution in [2.75, 3.05) is 38.6 Å². The zero-order valence-electron chi connectivity index (χ0n) is 11.9. The first-order valence-electron chi connectivity index (χ1n) is 7.01. The summed E-state index contributed by atoms with van der Waals surface area (Å²) in [6, 6.07) is 7.20. The van der Waals surface area contributed by atoms with Gasteiger partial charge in [-0.15, -0.1) is 0 Å². The lowest BCUT2D eigenvalue weighted by Crippen LogP contribution is -2.45. The molecule has 1 fully saturated rings. The third-order valence-corrected chi connectivity index (χ3v) is 4.42. The summed E-state index contributed by atoms with van der Waals surface area (Å²) in [6.45, 7) is 2.97. The van der Waals surface area contributed by atoms with Crippen molar-refractivity contribution >= 4 is 21.6 Å². The van der Waals surface area contributed by atoms with E-state index in [1.165, 1.54) is 24.1 Å². The second kappa shape index (κ2) is 6.73. The predicted molar refractivity (Wildman–Crippen MR) is 85.8 cm³/mol. The fourth-order valence-electron chi connectivity index (χ4n) is 2.79. The maximum absolute atomic E-state index is 5.73. The van der Waals surface area contributed by atoms with Gasteiger partial charge in [-0.25, -0.2) is 0 Å². The molecule has 4 heteroatoms. The van der Waals surface area contributed by atoms with Crippen molar-refractivity contribution in [1.82, 2.24) is 4.90 Å². The Kier molecular flexibility index (Phi) is 5.25. The third-order valence-electron chi connectivity index (χ3n) is 3.93. The van der Waals surface area contributed by atoms with Gasteiger partial charge in [0.05, 0.1) is 0 Å². The summed E-state index contributed by atoms with van der Waals surface area (Å²) in [5.74, 6) is 0. The second-order valence-electron chi connectivity index (χ2n) is 5.52. The average Bonchev–Trinajstić information content (AvgIpc) is 2.41. The number of hydrogen-bond donors (Lipinski definition) is 1. The summed E-state index contributed by atoms with van der Waals surface area (Å²) in [5, 5.41) is 0. The molecular formula is C15H24BrN3. The molecule has 1 aromatic rings. The summed E-state index contributed by atoms with van der Waals surface area (Å²) >= 11 is 3.59. The highest BCUT2D eigenvalue weighted by Crippen LogP contribution is 2.28. The van der Waals surface area contributed by atoms with Crippen LogP contribution in [0, 0.1) is 0 Å². The molecule has 1 aliphatic heterocycles. The van der Waals surface area contributed by atoms with E-state index in [1.807, 2.05) is 0 Å². The zero-order valence-corrected chi connectivity index (χ0v) is 13.5. The molecule has 1 heterocycles. The number of nitrogens with two attached hydrogens (primary N) is 1. The van der Waals surface area contributed by atoms with E-state index in [0.29, 0.717) is 12.6 Å². The van der Waals surface area contributed by atoms with Gasteiger partial charge in [-0.3, -0.25) is 0 Å². The largest absolute Gasteiger partial charge is 0.370 e. The zero-order chi connectivity index (χ0) is 13.8. The van der Waals surface area contributed by atoms with E-state index in [9.17, 15) is 0 Å². The smallest absolute Gasteiger partial charge is 0.0411 e. The lowest BCUT2D eigenvalue weighted by molar-refractivity contribution is 0.258. The number of likely N-dealkylation sites (N-methyl/N-ethyl adjacent to an activating group) is 1. The van der Waals surface area contributed by atoms with Gasteiger partial charge in [0.1, 0.15) is 0 Å². The Morgan fingerprint density at radius 3 is 2.89 bits per heavy atom. The number of nitrogens with zero attached hydrogens (tertiary/aromatic N) is 2. The van der Waals surface area contributed by atoms with Gasteiger partial charge in [0.25, 0.3) is 0 Å². The Morgan fingerprint density at radius 2 is 2.21 bits per heavy atom. The van der Waals surface area contributed by atoms with Crippen molar-refractivity contribution in [1.29, 1.82) is 0 Å². The Bertz CT molecular complexity index is 420. The van der Waals surface area contributed by atoms with E-state index in [0.717, 1.165) is 24.0 Å². The highest BCUT2D eigenvalue weighted by Gasteiger charge is 2.23. The second-order valence-corrected chi connectivity index (χ2v) is 6.43. The van der Waals surface area contributed by atoms with Gasteiger partial charge in [0, 0.05) is 29.3 Å². The number of anilines is 1. The Balaban J connectivity index is 2.22. The topological polar surface area (TPSA) is 32.5 Å².